The lowest BCUT2D eigenvalue weighted by molar-refractivity contribution is -0.146. The summed E-state index contributed by atoms with van der Waals surface area (Å²) in [5.74, 6) is -0.941. The average molecular weight is 434 g/mol. The molecule has 140 valence electrons. The number of esters is 1. The van der Waals surface area contributed by atoms with E-state index in [1.807, 2.05) is 30.3 Å². The van der Waals surface area contributed by atoms with Crippen molar-refractivity contribution >= 4 is 28.0 Å². The molecule has 3 rings (SSSR count). The van der Waals surface area contributed by atoms with Crippen LogP contribution in [-0.2, 0) is 20.9 Å². The van der Waals surface area contributed by atoms with E-state index in [2.05, 4.69) is 21.2 Å². The van der Waals surface area contributed by atoms with E-state index in [0.717, 1.165) is 5.56 Å². The highest BCUT2D eigenvalue weighted by Gasteiger charge is 2.46. The number of ether oxygens (including phenoxy) is 2. The van der Waals surface area contributed by atoms with E-state index in [9.17, 15) is 14.0 Å². The second-order valence-corrected chi connectivity index (χ2v) is 7.07. The summed E-state index contributed by atoms with van der Waals surface area (Å²) in [6.07, 6.45) is 0.616. The number of cyclic esters (lactones) is 1. The van der Waals surface area contributed by atoms with Gasteiger partial charge in [-0.25, -0.2) is 14.0 Å². The third-order valence-electron chi connectivity index (χ3n) is 4.26. The van der Waals surface area contributed by atoms with Gasteiger partial charge in [-0.1, -0.05) is 58.4 Å². The summed E-state index contributed by atoms with van der Waals surface area (Å²) >= 11 is 3.33. The van der Waals surface area contributed by atoms with Gasteiger partial charge in [0.15, 0.2) is 5.60 Å². The van der Waals surface area contributed by atoms with Crippen LogP contribution in [0.5, 0.6) is 0 Å². The quantitative estimate of drug-likeness (QED) is 0.710. The monoisotopic (exact) mass is 433 g/mol. The number of benzene rings is 2. The Morgan fingerprint density at radius 2 is 1.89 bits per heavy atom. The van der Waals surface area contributed by atoms with Crippen molar-refractivity contribution in [3.63, 3.8) is 0 Å². The Balaban J connectivity index is 1.80. The van der Waals surface area contributed by atoms with Gasteiger partial charge >= 0.3 is 12.1 Å². The van der Waals surface area contributed by atoms with Crippen LogP contribution in [0.4, 0.5) is 9.18 Å². The standard InChI is InChI=1S/C20H17BrFNO4/c1-20(16(21)11-17(24)27-20)18(14-7-9-15(22)10-8-14)23-19(25)26-12-13-5-3-2-4-6-13/h2-11,18H,12H2,1H3,(H,23,25)/t18-,20?/m0/s1. The number of nitrogens with one attached hydrogen (secondary N) is 1. The van der Waals surface area contributed by atoms with Crippen LogP contribution >= 0.6 is 15.9 Å². The number of carbonyl (C=O) groups excluding carboxylic acids is 2. The molecule has 0 radical (unpaired) electrons. The van der Waals surface area contributed by atoms with Crippen molar-refractivity contribution in [1.82, 2.24) is 5.32 Å². The topological polar surface area (TPSA) is 64.6 Å². The first-order valence-corrected chi connectivity index (χ1v) is 9.01. The van der Waals surface area contributed by atoms with Crippen LogP contribution in [0.15, 0.2) is 65.2 Å². The molecule has 0 saturated heterocycles. The number of carbonyl (C=O) groups is 2. The Labute approximate surface area is 164 Å². The molecule has 27 heavy (non-hydrogen) atoms. The molecule has 2 aromatic carbocycles. The Kier molecular flexibility index (Phi) is 5.60. The molecule has 7 heteroatoms. The minimum atomic E-state index is -1.18. The molecule has 1 heterocycles. The van der Waals surface area contributed by atoms with E-state index in [0.29, 0.717) is 10.0 Å². The van der Waals surface area contributed by atoms with Crippen molar-refractivity contribution in [3.05, 3.63) is 82.1 Å². The molecule has 0 spiro atoms. The van der Waals surface area contributed by atoms with Gasteiger partial charge in [-0.3, -0.25) is 0 Å². The highest BCUT2D eigenvalue weighted by molar-refractivity contribution is 9.11. The van der Waals surface area contributed by atoms with Gasteiger partial charge in [-0.2, -0.15) is 0 Å². The Morgan fingerprint density at radius 3 is 2.48 bits per heavy atom. The number of hydrogen-bond acceptors (Lipinski definition) is 4. The summed E-state index contributed by atoms with van der Waals surface area (Å²) in [5.41, 5.74) is 0.224. The summed E-state index contributed by atoms with van der Waals surface area (Å²) in [6.45, 7) is 1.75. The van der Waals surface area contributed by atoms with E-state index < -0.39 is 29.5 Å². The smallest absolute Gasteiger partial charge is 0.408 e. The Hall–Kier alpha value is -2.67. The van der Waals surface area contributed by atoms with Gasteiger partial charge in [0, 0.05) is 10.6 Å². The Morgan fingerprint density at radius 1 is 1.22 bits per heavy atom. The van der Waals surface area contributed by atoms with E-state index in [4.69, 9.17) is 9.47 Å². The molecule has 1 N–H and O–H groups in total. The minimum Gasteiger partial charge on any atom is -0.448 e. The maximum Gasteiger partial charge on any atom is 0.408 e. The predicted molar refractivity (Wildman–Crippen MR) is 100 cm³/mol. The third-order valence-corrected chi connectivity index (χ3v) is 5.28. The number of halogens is 2. The van der Waals surface area contributed by atoms with Crippen molar-refractivity contribution in [1.29, 1.82) is 0 Å². The number of amides is 1. The highest BCUT2D eigenvalue weighted by Crippen LogP contribution is 2.42. The summed E-state index contributed by atoms with van der Waals surface area (Å²) in [7, 11) is 0. The molecule has 1 aliphatic heterocycles. The fourth-order valence-corrected chi connectivity index (χ4v) is 3.30. The maximum absolute atomic E-state index is 13.3. The summed E-state index contributed by atoms with van der Waals surface area (Å²) in [6, 6.07) is 14.1. The molecular formula is C20H17BrFNO4. The first-order valence-electron chi connectivity index (χ1n) is 8.22. The SMILES string of the molecule is CC1([C@@H](NC(=O)OCc2ccccc2)c2ccc(F)cc2)OC(=O)C=C1Br. The van der Waals surface area contributed by atoms with Gasteiger partial charge in [0.05, 0.1) is 0 Å². The first kappa shape index (κ1) is 19.1. The lowest BCUT2D eigenvalue weighted by atomic mass is 9.90. The molecule has 0 aromatic heterocycles. The van der Waals surface area contributed by atoms with Crippen LogP contribution in [0, 0.1) is 5.82 Å². The zero-order chi connectivity index (χ0) is 19.4. The van der Waals surface area contributed by atoms with Crippen LogP contribution in [0.2, 0.25) is 0 Å². The van der Waals surface area contributed by atoms with E-state index in [-0.39, 0.29) is 6.61 Å². The zero-order valence-corrected chi connectivity index (χ0v) is 16.0. The molecule has 1 aliphatic rings. The van der Waals surface area contributed by atoms with Crippen LogP contribution in [0.25, 0.3) is 0 Å². The molecule has 1 unspecified atom stereocenters. The minimum absolute atomic E-state index is 0.0936. The number of rotatable bonds is 5. The maximum atomic E-state index is 13.3. The van der Waals surface area contributed by atoms with Crippen molar-refractivity contribution in [2.24, 2.45) is 0 Å². The fraction of sp³-hybridized carbons (Fsp3) is 0.200. The van der Waals surface area contributed by atoms with Crippen molar-refractivity contribution in [2.45, 2.75) is 25.2 Å². The molecule has 0 bridgehead atoms. The van der Waals surface area contributed by atoms with Crippen molar-refractivity contribution in [3.8, 4) is 0 Å². The molecule has 5 nitrogen and oxygen atoms in total. The molecule has 2 aromatic rings. The van der Waals surface area contributed by atoms with Crippen LogP contribution in [0.3, 0.4) is 0 Å². The molecule has 0 aliphatic carbocycles. The normalized spacial score (nSPS) is 19.8. The van der Waals surface area contributed by atoms with Gasteiger partial charge in [-0.05, 0) is 30.2 Å². The second kappa shape index (κ2) is 7.92. The van der Waals surface area contributed by atoms with Gasteiger partial charge in [-0.15, -0.1) is 0 Å². The van der Waals surface area contributed by atoms with Crippen LogP contribution in [0.1, 0.15) is 24.1 Å². The molecule has 0 fully saturated rings. The molecule has 1 amide bonds. The van der Waals surface area contributed by atoms with Crippen LogP contribution in [-0.4, -0.2) is 17.7 Å². The van der Waals surface area contributed by atoms with Gasteiger partial charge in [0.25, 0.3) is 0 Å². The summed E-state index contributed by atoms with van der Waals surface area (Å²) in [4.78, 5) is 24.1. The average Bonchev–Trinajstić information content (AvgIpc) is 2.92. The number of hydrogen-bond donors (Lipinski definition) is 1. The van der Waals surface area contributed by atoms with Gasteiger partial charge in [0.1, 0.15) is 18.5 Å². The van der Waals surface area contributed by atoms with E-state index in [1.165, 1.54) is 30.3 Å². The molecule has 2 atom stereocenters. The van der Waals surface area contributed by atoms with E-state index in [1.54, 1.807) is 6.92 Å². The zero-order valence-electron chi connectivity index (χ0n) is 14.4. The molecule has 0 saturated carbocycles. The summed E-state index contributed by atoms with van der Waals surface area (Å²) in [5, 5.41) is 2.72. The highest BCUT2D eigenvalue weighted by atomic mass is 79.9. The van der Waals surface area contributed by atoms with Crippen molar-refractivity contribution < 1.29 is 23.5 Å². The second-order valence-electron chi connectivity index (χ2n) is 6.21. The predicted octanol–water partition coefficient (Wildman–Crippen LogP) is 4.39. The Bertz CT molecular complexity index is 869. The largest absolute Gasteiger partial charge is 0.448 e. The van der Waals surface area contributed by atoms with Crippen molar-refractivity contribution in [2.75, 3.05) is 0 Å². The fourth-order valence-electron chi connectivity index (χ4n) is 2.81. The lowest BCUT2D eigenvalue weighted by Gasteiger charge is -2.34. The third kappa shape index (κ3) is 4.36. The van der Waals surface area contributed by atoms with E-state index >= 15 is 0 Å². The lowest BCUT2D eigenvalue weighted by Crippen LogP contribution is -2.45. The van der Waals surface area contributed by atoms with Gasteiger partial charge < -0.3 is 14.8 Å². The molecular weight excluding hydrogens is 417 g/mol. The van der Waals surface area contributed by atoms with Crippen LogP contribution < -0.4 is 5.32 Å². The number of alkyl carbamates (subject to hydrolysis) is 1. The van der Waals surface area contributed by atoms with Gasteiger partial charge in [0.2, 0.25) is 0 Å². The summed E-state index contributed by atoms with van der Waals surface area (Å²) < 4.78 is 24.5. The first-order chi connectivity index (χ1) is 12.9.